The quantitative estimate of drug-likeness (QED) is 0.523. The average molecular weight is 394 g/mol. The van der Waals surface area contributed by atoms with E-state index in [-0.39, 0.29) is 7.92 Å². The Balaban J connectivity index is 1.96. The van der Waals surface area contributed by atoms with Crippen LogP contribution in [0.5, 0.6) is 5.75 Å². The van der Waals surface area contributed by atoms with E-state index in [9.17, 15) is 0 Å². The van der Waals surface area contributed by atoms with Crippen LogP contribution >= 0.6 is 16.5 Å². The molecule has 140 valence electrons. The number of ether oxygens (including phenoxy) is 1. The molecule has 0 radical (unpaired) electrons. The maximum Gasteiger partial charge on any atom is 0.130 e. The normalized spacial score (nSPS) is 11.5. The summed E-state index contributed by atoms with van der Waals surface area (Å²) < 4.78 is 6.33. The number of benzene rings is 3. The van der Waals surface area contributed by atoms with Gasteiger partial charge >= 0.3 is 0 Å². The van der Waals surface area contributed by atoms with Crippen LogP contribution in [0.1, 0.15) is 22.3 Å². The third-order valence-corrected chi connectivity index (χ3v) is 7.74. The van der Waals surface area contributed by atoms with Crippen molar-refractivity contribution in [3.8, 4) is 5.75 Å². The van der Waals surface area contributed by atoms with E-state index >= 15 is 0 Å². The molecule has 3 heteroatoms. The standard InChI is InChI=1S/C24H28OP2/c1-17-14-19(3)23(25-16-20-11-7-6-8-12-20)21(15-17)26-24-18(2)10-9-13-22(24)27(4)5/h6-15,26H,16H2,1-5H3. The Labute approximate surface area is 166 Å². The summed E-state index contributed by atoms with van der Waals surface area (Å²) in [5.74, 6) is 1.05. The van der Waals surface area contributed by atoms with E-state index in [4.69, 9.17) is 4.74 Å². The molecule has 0 aromatic heterocycles. The topological polar surface area (TPSA) is 9.23 Å². The molecule has 0 aliphatic rings. The second-order valence-corrected chi connectivity index (χ2v) is 10.8. The van der Waals surface area contributed by atoms with Crippen LogP contribution < -0.4 is 20.7 Å². The SMILES string of the molecule is Cc1cc(C)c(OCc2ccccc2)c(Pc2c(C)cccc2P(C)C)c1. The lowest BCUT2D eigenvalue weighted by Gasteiger charge is -2.19. The summed E-state index contributed by atoms with van der Waals surface area (Å²) in [7, 11) is 0.486. The van der Waals surface area contributed by atoms with Crippen LogP contribution in [-0.4, -0.2) is 13.3 Å². The van der Waals surface area contributed by atoms with Crippen molar-refractivity contribution in [3.63, 3.8) is 0 Å². The monoisotopic (exact) mass is 394 g/mol. The first-order valence-corrected chi connectivity index (χ1v) is 12.5. The zero-order valence-electron chi connectivity index (χ0n) is 16.8. The van der Waals surface area contributed by atoms with Gasteiger partial charge in [0.05, 0.1) is 0 Å². The highest BCUT2D eigenvalue weighted by Gasteiger charge is 2.15. The van der Waals surface area contributed by atoms with Crippen molar-refractivity contribution in [1.29, 1.82) is 0 Å². The van der Waals surface area contributed by atoms with Gasteiger partial charge in [-0.2, -0.15) is 0 Å². The molecule has 1 unspecified atom stereocenters. The highest BCUT2D eigenvalue weighted by Crippen LogP contribution is 2.30. The molecule has 0 saturated heterocycles. The molecule has 0 heterocycles. The highest BCUT2D eigenvalue weighted by molar-refractivity contribution is 7.67. The van der Waals surface area contributed by atoms with Crippen molar-refractivity contribution in [3.05, 3.63) is 82.9 Å². The van der Waals surface area contributed by atoms with Crippen LogP contribution in [0, 0.1) is 20.8 Å². The van der Waals surface area contributed by atoms with Crippen LogP contribution in [0.2, 0.25) is 0 Å². The van der Waals surface area contributed by atoms with Crippen molar-refractivity contribution in [2.75, 3.05) is 13.3 Å². The molecule has 0 N–H and O–H groups in total. The van der Waals surface area contributed by atoms with Crippen molar-refractivity contribution < 1.29 is 4.74 Å². The van der Waals surface area contributed by atoms with Crippen LogP contribution in [0.25, 0.3) is 0 Å². The van der Waals surface area contributed by atoms with Crippen LogP contribution in [0.3, 0.4) is 0 Å². The minimum Gasteiger partial charge on any atom is -0.488 e. The van der Waals surface area contributed by atoms with Crippen LogP contribution in [0.15, 0.2) is 60.7 Å². The molecule has 0 amide bonds. The highest BCUT2D eigenvalue weighted by atomic mass is 31.1. The molecule has 0 bridgehead atoms. The Morgan fingerprint density at radius 1 is 0.852 bits per heavy atom. The van der Waals surface area contributed by atoms with Crippen molar-refractivity contribution in [2.24, 2.45) is 0 Å². The number of hydrogen-bond donors (Lipinski definition) is 0. The summed E-state index contributed by atoms with van der Waals surface area (Å²) in [6.07, 6.45) is 0. The summed E-state index contributed by atoms with van der Waals surface area (Å²) >= 11 is 0. The first-order chi connectivity index (χ1) is 13.0. The smallest absolute Gasteiger partial charge is 0.130 e. The third-order valence-electron chi connectivity index (χ3n) is 4.64. The molecular formula is C24H28OP2. The average Bonchev–Trinajstić information content (AvgIpc) is 2.63. The lowest BCUT2D eigenvalue weighted by atomic mass is 10.1. The Morgan fingerprint density at radius 3 is 2.30 bits per heavy atom. The van der Waals surface area contributed by atoms with Gasteiger partial charge in [-0.05, 0) is 73.0 Å². The minimum atomic E-state index is -0.132. The molecule has 27 heavy (non-hydrogen) atoms. The molecule has 3 aromatic carbocycles. The first-order valence-electron chi connectivity index (χ1n) is 9.27. The van der Waals surface area contributed by atoms with Crippen molar-refractivity contribution in [1.82, 2.24) is 0 Å². The molecule has 0 aliphatic heterocycles. The van der Waals surface area contributed by atoms with Gasteiger partial charge < -0.3 is 4.74 Å². The van der Waals surface area contributed by atoms with Gasteiger partial charge in [-0.3, -0.25) is 0 Å². The van der Waals surface area contributed by atoms with Gasteiger partial charge in [0.15, 0.2) is 0 Å². The summed E-state index contributed by atoms with van der Waals surface area (Å²) in [5, 5.41) is 4.32. The van der Waals surface area contributed by atoms with Crippen LogP contribution in [0.4, 0.5) is 0 Å². The van der Waals surface area contributed by atoms with Gasteiger partial charge in [0.25, 0.3) is 0 Å². The summed E-state index contributed by atoms with van der Waals surface area (Å²) in [4.78, 5) is 0. The molecule has 0 aliphatic carbocycles. The fourth-order valence-corrected chi connectivity index (χ4v) is 6.58. The minimum absolute atomic E-state index is 0.132. The molecular weight excluding hydrogens is 366 g/mol. The van der Waals surface area contributed by atoms with Gasteiger partial charge in [-0.1, -0.05) is 71.1 Å². The predicted octanol–water partition coefficient (Wildman–Crippen LogP) is 5.19. The van der Waals surface area contributed by atoms with Gasteiger partial charge in [-0.15, -0.1) is 0 Å². The van der Waals surface area contributed by atoms with Gasteiger partial charge in [-0.25, -0.2) is 0 Å². The van der Waals surface area contributed by atoms with E-state index in [2.05, 4.69) is 88.7 Å². The lowest BCUT2D eigenvalue weighted by molar-refractivity contribution is 0.307. The molecule has 3 rings (SSSR count). The summed E-state index contributed by atoms with van der Waals surface area (Å²) in [5.41, 5.74) is 5.11. The Kier molecular flexibility index (Phi) is 6.69. The van der Waals surface area contributed by atoms with E-state index in [1.807, 2.05) is 6.07 Å². The third kappa shape index (κ3) is 4.98. The van der Waals surface area contributed by atoms with Gasteiger partial charge in [0, 0.05) is 5.30 Å². The largest absolute Gasteiger partial charge is 0.488 e. The predicted molar refractivity (Wildman–Crippen MR) is 124 cm³/mol. The maximum absolute atomic E-state index is 6.33. The fraction of sp³-hybridized carbons (Fsp3) is 0.250. The number of rotatable bonds is 6. The Hall–Kier alpha value is -1.68. The van der Waals surface area contributed by atoms with E-state index in [1.54, 1.807) is 0 Å². The van der Waals surface area contributed by atoms with E-state index in [0.717, 1.165) is 5.75 Å². The Bertz CT molecular complexity index is 917. The summed E-state index contributed by atoms with van der Waals surface area (Å²) in [6, 6.07) is 21.7. The molecule has 3 aromatic rings. The molecule has 1 atom stereocenters. The first kappa shape index (κ1) is 20.1. The Morgan fingerprint density at radius 2 is 1.59 bits per heavy atom. The van der Waals surface area contributed by atoms with Crippen molar-refractivity contribution >= 4 is 32.4 Å². The second-order valence-electron chi connectivity index (χ2n) is 7.22. The maximum atomic E-state index is 6.33. The van der Waals surface area contributed by atoms with E-state index < -0.39 is 0 Å². The lowest BCUT2D eigenvalue weighted by Crippen LogP contribution is -2.24. The fourth-order valence-electron chi connectivity index (χ4n) is 3.29. The molecule has 0 spiro atoms. The van der Waals surface area contributed by atoms with Gasteiger partial charge in [0.1, 0.15) is 12.4 Å². The van der Waals surface area contributed by atoms with Crippen LogP contribution in [-0.2, 0) is 6.61 Å². The van der Waals surface area contributed by atoms with E-state index in [0.29, 0.717) is 15.2 Å². The number of hydrogen-bond acceptors (Lipinski definition) is 1. The molecule has 0 saturated carbocycles. The second kappa shape index (κ2) is 9.01. The molecule has 1 nitrogen and oxygen atoms in total. The number of aryl methyl sites for hydroxylation is 3. The van der Waals surface area contributed by atoms with Gasteiger partial charge in [0.2, 0.25) is 0 Å². The zero-order valence-corrected chi connectivity index (χ0v) is 18.7. The van der Waals surface area contributed by atoms with Crippen molar-refractivity contribution in [2.45, 2.75) is 27.4 Å². The molecule has 0 fully saturated rings. The summed E-state index contributed by atoms with van der Waals surface area (Å²) in [6.45, 7) is 11.9. The zero-order chi connectivity index (χ0) is 19.4. The van der Waals surface area contributed by atoms with E-state index in [1.165, 1.54) is 38.2 Å².